The molecule has 0 aromatic rings. The molecule has 1 amide bonds. The Morgan fingerprint density at radius 2 is 2.06 bits per heavy atom. The molecule has 100 valence electrons. The van der Waals surface area contributed by atoms with Gasteiger partial charge in [-0.15, -0.1) is 0 Å². The molecule has 0 aromatic carbocycles. The summed E-state index contributed by atoms with van der Waals surface area (Å²) in [7, 11) is 1.71. The van der Waals surface area contributed by atoms with E-state index in [0.29, 0.717) is 0 Å². The van der Waals surface area contributed by atoms with Crippen LogP contribution < -0.4 is 11.1 Å². The fourth-order valence-electron chi connectivity index (χ4n) is 1.79. The van der Waals surface area contributed by atoms with Gasteiger partial charge in [0.05, 0.1) is 6.04 Å². The lowest BCUT2D eigenvalue weighted by atomic mass is 9.87. The van der Waals surface area contributed by atoms with Crippen LogP contribution in [0.3, 0.4) is 0 Å². The Morgan fingerprint density at radius 3 is 2.47 bits per heavy atom. The van der Waals surface area contributed by atoms with E-state index in [0.717, 1.165) is 19.6 Å². The van der Waals surface area contributed by atoms with Gasteiger partial charge in [-0.3, -0.25) is 4.79 Å². The van der Waals surface area contributed by atoms with Crippen LogP contribution in [0.25, 0.3) is 0 Å². The first kappa shape index (κ1) is 14.5. The molecule has 0 heterocycles. The van der Waals surface area contributed by atoms with Crippen LogP contribution in [0.4, 0.5) is 0 Å². The van der Waals surface area contributed by atoms with Gasteiger partial charge in [0.15, 0.2) is 0 Å². The van der Waals surface area contributed by atoms with Gasteiger partial charge in [0.1, 0.15) is 0 Å². The molecule has 1 aliphatic carbocycles. The molecule has 0 radical (unpaired) electrons. The van der Waals surface area contributed by atoms with Crippen LogP contribution >= 0.6 is 0 Å². The van der Waals surface area contributed by atoms with Gasteiger partial charge in [-0.05, 0) is 30.1 Å². The van der Waals surface area contributed by atoms with Crippen molar-refractivity contribution in [3.05, 3.63) is 0 Å². The average molecular weight is 242 g/mol. The summed E-state index contributed by atoms with van der Waals surface area (Å²) in [5.41, 5.74) is 6.00. The molecule has 0 unspecified atom stereocenters. The van der Waals surface area contributed by atoms with Gasteiger partial charge in [0, 0.05) is 20.3 Å². The zero-order valence-electron chi connectivity index (χ0n) is 11.5. The van der Waals surface area contributed by atoms with Crippen molar-refractivity contribution < 1.29 is 9.53 Å². The molecule has 1 saturated carbocycles. The second-order valence-electron chi connectivity index (χ2n) is 6.30. The molecule has 1 aliphatic rings. The van der Waals surface area contributed by atoms with E-state index >= 15 is 0 Å². The fourth-order valence-corrected chi connectivity index (χ4v) is 1.79. The first-order valence-corrected chi connectivity index (χ1v) is 6.33. The Bertz CT molecular complexity index is 267. The normalized spacial score (nSPS) is 19.8. The summed E-state index contributed by atoms with van der Waals surface area (Å²) < 4.78 is 5.09. The number of amides is 1. The number of methoxy groups -OCH3 is 1. The summed E-state index contributed by atoms with van der Waals surface area (Å²) >= 11 is 0. The van der Waals surface area contributed by atoms with Crippen LogP contribution in [0.1, 0.15) is 40.0 Å². The Balaban J connectivity index is 2.33. The summed E-state index contributed by atoms with van der Waals surface area (Å²) in [5.74, 6) is -0.0406. The highest BCUT2D eigenvalue weighted by Crippen LogP contribution is 2.48. The summed E-state index contributed by atoms with van der Waals surface area (Å²) in [6.45, 7) is 7.44. The molecule has 4 heteroatoms. The average Bonchev–Trinajstić information content (AvgIpc) is 3.01. The molecule has 1 rings (SSSR count). The van der Waals surface area contributed by atoms with Crippen LogP contribution in [0.2, 0.25) is 0 Å². The highest BCUT2D eigenvalue weighted by atomic mass is 16.5. The number of hydrogen-bond acceptors (Lipinski definition) is 3. The van der Waals surface area contributed by atoms with E-state index in [9.17, 15) is 4.79 Å². The SMILES string of the molecule is COCCC1(CNC(=O)[C@H](N)C(C)(C)C)CC1. The van der Waals surface area contributed by atoms with Crippen LogP contribution in [0.5, 0.6) is 0 Å². The Hall–Kier alpha value is -0.610. The van der Waals surface area contributed by atoms with Gasteiger partial charge >= 0.3 is 0 Å². The third-order valence-electron chi connectivity index (χ3n) is 3.65. The standard InChI is InChI=1S/C13H26N2O2/c1-12(2,3)10(14)11(16)15-9-13(5-6-13)7-8-17-4/h10H,5-9,14H2,1-4H3,(H,15,16)/t10-/m0/s1. The highest BCUT2D eigenvalue weighted by Gasteiger charge is 2.42. The molecule has 17 heavy (non-hydrogen) atoms. The van der Waals surface area contributed by atoms with E-state index in [1.54, 1.807) is 7.11 Å². The zero-order valence-corrected chi connectivity index (χ0v) is 11.5. The third kappa shape index (κ3) is 4.28. The molecule has 0 aliphatic heterocycles. The lowest BCUT2D eigenvalue weighted by Crippen LogP contribution is -2.49. The van der Waals surface area contributed by atoms with Gasteiger partial charge in [-0.1, -0.05) is 20.8 Å². The number of nitrogens with two attached hydrogens (primary N) is 1. The number of hydrogen-bond donors (Lipinski definition) is 2. The third-order valence-corrected chi connectivity index (χ3v) is 3.65. The molecular formula is C13H26N2O2. The number of ether oxygens (including phenoxy) is 1. The lowest BCUT2D eigenvalue weighted by molar-refractivity contribution is -0.124. The van der Waals surface area contributed by atoms with E-state index in [1.165, 1.54) is 12.8 Å². The van der Waals surface area contributed by atoms with Crippen LogP contribution in [0.15, 0.2) is 0 Å². The first-order chi connectivity index (χ1) is 7.81. The van der Waals surface area contributed by atoms with Gasteiger partial charge < -0.3 is 15.8 Å². The Kier molecular flexibility index (Phi) is 4.55. The Morgan fingerprint density at radius 1 is 1.47 bits per heavy atom. The maximum atomic E-state index is 11.9. The molecule has 0 saturated heterocycles. The smallest absolute Gasteiger partial charge is 0.237 e. The first-order valence-electron chi connectivity index (χ1n) is 6.33. The van der Waals surface area contributed by atoms with E-state index in [2.05, 4.69) is 5.32 Å². The van der Waals surface area contributed by atoms with Gasteiger partial charge in [-0.2, -0.15) is 0 Å². The largest absolute Gasteiger partial charge is 0.385 e. The van der Waals surface area contributed by atoms with Crippen molar-refractivity contribution in [1.29, 1.82) is 0 Å². The molecule has 4 nitrogen and oxygen atoms in total. The van der Waals surface area contributed by atoms with E-state index in [4.69, 9.17) is 10.5 Å². The summed E-state index contributed by atoms with van der Waals surface area (Å²) in [6, 6.07) is -0.444. The van der Waals surface area contributed by atoms with Crippen molar-refractivity contribution >= 4 is 5.91 Å². The second-order valence-corrected chi connectivity index (χ2v) is 6.30. The summed E-state index contributed by atoms with van der Waals surface area (Å²) in [5, 5.41) is 2.98. The molecule has 1 atom stereocenters. The predicted octanol–water partition coefficient (Wildman–Crippen LogP) is 1.29. The van der Waals surface area contributed by atoms with Crippen LogP contribution in [0, 0.1) is 10.8 Å². The van der Waals surface area contributed by atoms with Crippen LogP contribution in [-0.2, 0) is 9.53 Å². The molecule has 3 N–H and O–H groups in total. The van der Waals surface area contributed by atoms with Gasteiger partial charge in [0.2, 0.25) is 5.91 Å². The van der Waals surface area contributed by atoms with Crippen LogP contribution in [-0.4, -0.2) is 32.2 Å². The van der Waals surface area contributed by atoms with Crippen molar-refractivity contribution in [1.82, 2.24) is 5.32 Å². The topological polar surface area (TPSA) is 64.3 Å². The van der Waals surface area contributed by atoms with Crippen molar-refractivity contribution in [2.75, 3.05) is 20.3 Å². The van der Waals surface area contributed by atoms with E-state index < -0.39 is 6.04 Å². The summed E-state index contributed by atoms with van der Waals surface area (Å²) in [6.07, 6.45) is 3.39. The van der Waals surface area contributed by atoms with E-state index in [-0.39, 0.29) is 16.7 Å². The van der Waals surface area contributed by atoms with Gasteiger partial charge in [0.25, 0.3) is 0 Å². The van der Waals surface area contributed by atoms with Crippen molar-refractivity contribution in [2.45, 2.75) is 46.1 Å². The van der Waals surface area contributed by atoms with E-state index in [1.807, 2.05) is 20.8 Å². The number of nitrogens with one attached hydrogen (secondary N) is 1. The molecule has 0 aromatic heterocycles. The maximum Gasteiger partial charge on any atom is 0.237 e. The number of rotatable bonds is 6. The maximum absolute atomic E-state index is 11.9. The molecule has 0 spiro atoms. The second kappa shape index (κ2) is 5.36. The minimum absolute atomic E-state index is 0.0406. The number of carbonyl (C=O) groups is 1. The van der Waals surface area contributed by atoms with Crippen molar-refractivity contribution in [3.63, 3.8) is 0 Å². The highest BCUT2D eigenvalue weighted by molar-refractivity contribution is 5.82. The summed E-state index contributed by atoms with van der Waals surface area (Å²) in [4.78, 5) is 11.9. The van der Waals surface area contributed by atoms with Crippen molar-refractivity contribution in [3.8, 4) is 0 Å². The minimum atomic E-state index is -0.444. The number of carbonyl (C=O) groups excluding carboxylic acids is 1. The monoisotopic (exact) mass is 242 g/mol. The molecular weight excluding hydrogens is 216 g/mol. The lowest BCUT2D eigenvalue weighted by Gasteiger charge is -2.27. The minimum Gasteiger partial charge on any atom is -0.385 e. The zero-order chi connectivity index (χ0) is 13.1. The van der Waals surface area contributed by atoms with Gasteiger partial charge in [-0.25, -0.2) is 0 Å². The quantitative estimate of drug-likeness (QED) is 0.737. The molecule has 1 fully saturated rings. The predicted molar refractivity (Wildman–Crippen MR) is 68.6 cm³/mol. The molecule has 0 bridgehead atoms. The Labute approximate surface area is 104 Å². The fraction of sp³-hybridized carbons (Fsp3) is 0.923. The van der Waals surface area contributed by atoms with Crippen molar-refractivity contribution in [2.24, 2.45) is 16.6 Å².